The maximum absolute atomic E-state index is 6.03. The lowest BCUT2D eigenvalue weighted by Gasteiger charge is -2.45. The molecular weight excluding hydrogens is 280 g/mol. The zero-order chi connectivity index (χ0) is 14.4. The Bertz CT molecular complexity index is 653. The highest BCUT2D eigenvalue weighted by atomic mass is 32.2. The van der Waals surface area contributed by atoms with Crippen LogP contribution in [-0.2, 0) is 11.2 Å². The minimum atomic E-state index is 0.361. The Balaban J connectivity index is 1.71. The number of aromatic nitrogens is 1. The van der Waals surface area contributed by atoms with E-state index in [0.29, 0.717) is 18.1 Å². The molecule has 1 aromatic heterocycles. The number of fused-ring (bicyclic) bond motifs is 2. The van der Waals surface area contributed by atoms with Crippen LogP contribution in [0.3, 0.4) is 0 Å². The number of ether oxygens (including phenoxy) is 1. The second kappa shape index (κ2) is 5.34. The van der Waals surface area contributed by atoms with Crippen LogP contribution in [0, 0.1) is 0 Å². The number of likely N-dealkylation sites (N-methyl/N-ethyl adjacent to an activating group) is 1. The molecule has 0 bridgehead atoms. The highest BCUT2D eigenvalue weighted by Crippen LogP contribution is 2.43. The van der Waals surface area contributed by atoms with Crippen molar-refractivity contribution >= 4 is 22.7 Å². The van der Waals surface area contributed by atoms with Gasteiger partial charge in [-0.2, -0.15) is 0 Å². The van der Waals surface area contributed by atoms with E-state index in [0.717, 1.165) is 25.3 Å². The van der Waals surface area contributed by atoms with Crippen molar-refractivity contribution in [2.24, 2.45) is 0 Å². The second-order valence-corrected chi connectivity index (χ2v) is 7.15. The van der Waals surface area contributed by atoms with Crippen LogP contribution in [0.25, 0.3) is 10.9 Å². The number of benzene rings is 1. The van der Waals surface area contributed by atoms with E-state index < -0.39 is 0 Å². The van der Waals surface area contributed by atoms with Gasteiger partial charge in [0.25, 0.3) is 0 Å². The summed E-state index contributed by atoms with van der Waals surface area (Å²) >= 11 is 1.76. The number of H-pyrrole nitrogens is 1. The molecule has 4 heteroatoms. The lowest BCUT2D eigenvalue weighted by Crippen LogP contribution is -2.50. The van der Waals surface area contributed by atoms with Crippen LogP contribution in [0.5, 0.6) is 0 Å². The molecule has 3 nitrogen and oxygen atoms in total. The lowest BCUT2D eigenvalue weighted by molar-refractivity contribution is -0.00151. The molecule has 1 N–H and O–H groups in total. The number of piperidine rings is 1. The zero-order valence-electron chi connectivity index (χ0n) is 12.6. The monoisotopic (exact) mass is 302 g/mol. The molecule has 1 fully saturated rings. The first-order chi connectivity index (χ1) is 10.3. The van der Waals surface area contributed by atoms with E-state index in [2.05, 4.69) is 47.6 Å². The molecule has 2 aromatic rings. The number of aromatic amines is 1. The molecule has 2 heterocycles. The number of thioether (sulfide) groups is 1. The number of rotatable bonds is 3. The van der Waals surface area contributed by atoms with Crippen molar-refractivity contribution in [3.8, 4) is 0 Å². The fourth-order valence-corrected chi connectivity index (χ4v) is 4.51. The van der Waals surface area contributed by atoms with E-state index in [1.165, 1.54) is 22.0 Å². The van der Waals surface area contributed by atoms with E-state index in [4.69, 9.17) is 4.74 Å². The van der Waals surface area contributed by atoms with Crippen LogP contribution >= 0.6 is 11.8 Å². The molecular formula is C17H22N2OS. The molecule has 21 heavy (non-hydrogen) atoms. The molecule has 0 spiro atoms. The minimum Gasteiger partial charge on any atom is -0.366 e. The summed E-state index contributed by atoms with van der Waals surface area (Å²) in [6.07, 6.45) is 6.98. The third kappa shape index (κ3) is 2.20. The van der Waals surface area contributed by atoms with Crippen molar-refractivity contribution in [3.63, 3.8) is 0 Å². The van der Waals surface area contributed by atoms with E-state index in [1.807, 2.05) is 0 Å². The van der Waals surface area contributed by atoms with Crippen molar-refractivity contribution in [3.05, 3.63) is 35.5 Å². The van der Waals surface area contributed by atoms with Crippen LogP contribution in [0.15, 0.2) is 24.4 Å². The number of hydrogen-bond acceptors (Lipinski definition) is 3. The van der Waals surface area contributed by atoms with E-state index in [9.17, 15) is 0 Å². The Labute approximate surface area is 130 Å². The first-order valence-corrected chi connectivity index (χ1v) is 9.07. The van der Waals surface area contributed by atoms with E-state index in [-0.39, 0.29) is 0 Å². The maximum atomic E-state index is 6.03. The Morgan fingerprint density at radius 2 is 2.33 bits per heavy atom. The summed E-state index contributed by atoms with van der Waals surface area (Å²) in [5, 5.41) is 1.47. The molecule has 0 amide bonds. The van der Waals surface area contributed by atoms with Crippen molar-refractivity contribution in [2.75, 3.05) is 25.8 Å². The van der Waals surface area contributed by atoms with Crippen molar-refractivity contribution in [1.29, 1.82) is 0 Å². The van der Waals surface area contributed by atoms with Crippen molar-refractivity contribution < 1.29 is 4.74 Å². The quantitative estimate of drug-likeness (QED) is 0.883. The average molecular weight is 302 g/mol. The van der Waals surface area contributed by atoms with Crippen molar-refractivity contribution in [2.45, 2.75) is 30.9 Å². The number of hydrogen-bond donors (Lipinski definition) is 1. The average Bonchev–Trinajstić information content (AvgIpc) is 2.91. The molecule has 0 radical (unpaired) electrons. The summed E-state index contributed by atoms with van der Waals surface area (Å²) in [4.78, 5) is 5.94. The number of nitrogens with one attached hydrogen (secondary N) is 1. The Morgan fingerprint density at radius 3 is 3.19 bits per heavy atom. The molecule has 1 aromatic carbocycles. The van der Waals surface area contributed by atoms with Gasteiger partial charge in [0.2, 0.25) is 0 Å². The number of nitrogens with zero attached hydrogens (tertiary/aromatic N) is 1. The van der Waals surface area contributed by atoms with Crippen LogP contribution < -0.4 is 0 Å². The van der Waals surface area contributed by atoms with Crippen LogP contribution in [0.4, 0.5) is 0 Å². The molecule has 1 saturated heterocycles. The molecule has 1 aliphatic heterocycles. The molecule has 1 aliphatic carbocycles. The molecule has 4 rings (SSSR count). The minimum absolute atomic E-state index is 0.361. The SMILES string of the molecule is CSCO[C@@H]1C[C@@H]2c3cccc4[nH]cc(c34)C[C@H]2N(C)C1. The summed E-state index contributed by atoms with van der Waals surface area (Å²) in [6, 6.07) is 7.32. The third-order valence-electron chi connectivity index (χ3n) is 5.11. The molecule has 112 valence electrons. The largest absolute Gasteiger partial charge is 0.366 e. The Hall–Kier alpha value is -0.970. The predicted molar refractivity (Wildman–Crippen MR) is 89.0 cm³/mol. The highest BCUT2D eigenvalue weighted by molar-refractivity contribution is 7.98. The standard InChI is InChI=1S/C17H22N2OS/c1-19-9-12(20-10-21-2)7-14-13-4-3-5-15-17(13)11(8-18-15)6-16(14)19/h3-5,8,12,14,16,18H,6-7,9-10H2,1-2H3/t12-,14-,16-/m1/s1. The zero-order valence-corrected chi connectivity index (χ0v) is 13.5. The summed E-state index contributed by atoms with van der Waals surface area (Å²) in [5.41, 5.74) is 4.29. The highest BCUT2D eigenvalue weighted by Gasteiger charge is 2.39. The smallest absolute Gasteiger partial charge is 0.0922 e. The first kappa shape index (κ1) is 13.7. The predicted octanol–water partition coefficient (Wildman–Crippen LogP) is 3.22. The summed E-state index contributed by atoms with van der Waals surface area (Å²) in [6.45, 7) is 1.05. The van der Waals surface area contributed by atoms with E-state index >= 15 is 0 Å². The fourth-order valence-electron chi connectivity index (χ4n) is 4.18. The molecule has 2 aliphatic rings. The van der Waals surface area contributed by atoms with Crippen LogP contribution in [0.2, 0.25) is 0 Å². The lowest BCUT2D eigenvalue weighted by atomic mass is 9.74. The summed E-state index contributed by atoms with van der Waals surface area (Å²) < 4.78 is 6.03. The van der Waals surface area contributed by atoms with E-state index in [1.54, 1.807) is 11.8 Å². The maximum Gasteiger partial charge on any atom is 0.0922 e. The normalized spacial score (nSPS) is 28.8. The molecule has 3 atom stereocenters. The Kier molecular flexibility index (Phi) is 3.48. The summed E-state index contributed by atoms with van der Waals surface area (Å²) in [5.74, 6) is 1.40. The van der Waals surface area contributed by atoms with Gasteiger partial charge in [0.1, 0.15) is 0 Å². The molecule has 0 saturated carbocycles. The number of likely N-dealkylation sites (tertiary alicyclic amines) is 1. The van der Waals surface area contributed by atoms with Crippen molar-refractivity contribution in [1.82, 2.24) is 9.88 Å². The summed E-state index contributed by atoms with van der Waals surface area (Å²) in [7, 11) is 2.25. The van der Waals surface area contributed by atoms with Gasteiger partial charge in [-0.05, 0) is 43.3 Å². The van der Waals surface area contributed by atoms with Gasteiger partial charge in [-0.15, -0.1) is 11.8 Å². The second-order valence-electron chi connectivity index (χ2n) is 6.33. The van der Waals surface area contributed by atoms with Gasteiger partial charge in [0, 0.05) is 35.6 Å². The third-order valence-corrected chi connectivity index (χ3v) is 5.48. The van der Waals surface area contributed by atoms with Gasteiger partial charge in [0.15, 0.2) is 0 Å². The van der Waals surface area contributed by atoms with Gasteiger partial charge >= 0.3 is 0 Å². The fraction of sp³-hybridized carbons (Fsp3) is 0.529. The van der Waals surface area contributed by atoms with Gasteiger partial charge < -0.3 is 9.72 Å². The van der Waals surface area contributed by atoms with Gasteiger partial charge in [-0.3, -0.25) is 4.90 Å². The Morgan fingerprint density at radius 1 is 1.43 bits per heavy atom. The first-order valence-electron chi connectivity index (χ1n) is 7.67. The topological polar surface area (TPSA) is 28.3 Å². The molecule has 0 unspecified atom stereocenters. The van der Waals surface area contributed by atoms with Crippen LogP contribution in [0.1, 0.15) is 23.5 Å². The van der Waals surface area contributed by atoms with Gasteiger partial charge in [0.05, 0.1) is 12.0 Å². The van der Waals surface area contributed by atoms with Gasteiger partial charge in [-0.25, -0.2) is 0 Å². The van der Waals surface area contributed by atoms with Gasteiger partial charge in [-0.1, -0.05) is 12.1 Å². The van der Waals surface area contributed by atoms with Crippen LogP contribution in [-0.4, -0.2) is 47.8 Å².